The normalized spacial score (nSPS) is 8.83. The van der Waals surface area contributed by atoms with Gasteiger partial charge in [-0.3, -0.25) is 19.2 Å². The van der Waals surface area contributed by atoms with Gasteiger partial charge in [0.25, 0.3) is 0 Å². The molecule has 0 fully saturated rings. The summed E-state index contributed by atoms with van der Waals surface area (Å²) in [5, 5.41) is 0. The summed E-state index contributed by atoms with van der Waals surface area (Å²) in [6.45, 7) is 1.98. The third-order valence-electron chi connectivity index (χ3n) is 1.04. The monoisotopic (exact) mass is 172 g/mol. The van der Waals surface area contributed by atoms with E-state index in [-0.39, 0.29) is 4.90 Å². The van der Waals surface area contributed by atoms with Crippen LogP contribution in [0.2, 0.25) is 0 Å². The summed E-state index contributed by atoms with van der Waals surface area (Å²) in [7, 11) is 0. The van der Waals surface area contributed by atoms with Crippen LogP contribution in [0.5, 0.6) is 0 Å². The largest absolute Gasteiger partial charge is 0.361 e. The highest BCUT2D eigenvalue weighted by molar-refractivity contribution is 6.40. The molecule has 0 saturated heterocycles. The van der Waals surface area contributed by atoms with E-state index in [1.165, 1.54) is 0 Å². The molecule has 0 atom stereocenters. The quantitative estimate of drug-likeness (QED) is 0.444. The first-order valence-electron chi connectivity index (χ1n) is 3.03. The van der Waals surface area contributed by atoms with Crippen molar-refractivity contribution in [3.8, 4) is 0 Å². The average Bonchev–Trinajstić information content (AvgIpc) is 1.85. The smallest absolute Gasteiger partial charge is 0.325 e. The molecule has 4 amide bonds. The lowest BCUT2D eigenvalue weighted by atomic mass is 10.4. The van der Waals surface area contributed by atoms with Gasteiger partial charge in [-0.25, -0.2) is 4.90 Å². The molecule has 12 heavy (non-hydrogen) atoms. The Bertz CT molecular complexity index is 244. The summed E-state index contributed by atoms with van der Waals surface area (Å²) in [4.78, 5) is 42.4. The molecule has 0 rings (SSSR count). The first-order chi connectivity index (χ1) is 5.37. The van der Waals surface area contributed by atoms with E-state index in [2.05, 4.69) is 5.73 Å². The Kier molecular flexibility index (Phi) is 3.09. The molecule has 0 bridgehead atoms. The van der Waals surface area contributed by atoms with Gasteiger partial charge in [-0.15, -0.1) is 0 Å². The number of carbonyl (C=O) groups is 4. The molecule has 0 unspecified atom stereocenters. The summed E-state index contributed by atoms with van der Waals surface area (Å²) in [6, 6.07) is 0. The number of hydrogen-bond donors (Lipinski definition) is 1. The molecule has 0 saturated carbocycles. The zero-order valence-corrected chi connectivity index (χ0v) is 6.66. The van der Waals surface area contributed by atoms with Crippen molar-refractivity contribution in [2.24, 2.45) is 5.73 Å². The maximum absolute atomic E-state index is 10.7. The minimum absolute atomic E-state index is 0.183. The van der Waals surface area contributed by atoms with Crippen LogP contribution in [0.1, 0.15) is 13.8 Å². The van der Waals surface area contributed by atoms with Crippen molar-refractivity contribution in [3.05, 3.63) is 0 Å². The third-order valence-corrected chi connectivity index (χ3v) is 1.04. The summed E-state index contributed by atoms with van der Waals surface area (Å²) in [6.07, 6.45) is 0. The zero-order valence-electron chi connectivity index (χ0n) is 6.66. The average molecular weight is 172 g/mol. The van der Waals surface area contributed by atoms with Crippen molar-refractivity contribution in [1.29, 1.82) is 0 Å². The Morgan fingerprint density at radius 3 is 1.42 bits per heavy atom. The molecule has 0 aromatic heterocycles. The standard InChI is InChI=1S/C6H8N2O4/c1-3(9)8(4(2)10)6(12)5(7)11/h1-2H3,(H2,7,11). The van der Waals surface area contributed by atoms with Crippen LogP contribution in [-0.2, 0) is 19.2 Å². The van der Waals surface area contributed by atoms with Gasteiger partial charge < -0.3 is 5.73 Å². The number of amides is 4. The predicted octanol–water partition coefficient (Wildman–Crippen LogP) is -1.61. The number of nitrogens with zero attached hydrogens (tertiary/aromatic N) is 1. The molecule has 0 aliphatic carbocycles. The molecule has 2 N–H and O–H groups in total. The number of carbonyl (C=O) groups excluding carboxylic acids is 4. The molecule has 0 aromatic carbocycles. The molecule has 6 nitrogen and oxygen atoms in total. The van der Waals surface area contributed by atoms with Crippen molar-refractivity contribution < 1.29 is 19.2 Å². The van der Waals surface area contributed by atoms with Crippen LogP contribution in [-0.4, -0.2) is 28.5 Å². The molecule has 0 heterocycles. The van der Waals surface area contributed by atoms with Crippen LogP contribution in [0.25, 0.3) is 0 Å². The third kappa shape index (κ3) is 2.15. The minimum atomic E-state index is -1.33. The highest BCUT2D eigenvalue weighted by Gasteiger charge is 2.26. The Hall–Kier alpha value is -1.72. The highest BCUT2D eigenvalue weighted by atomic mass is 16.2. The second-order valence-corrected chi connectivity index (χ2v) is 2.04. The fourth-order valence-corrected chi connectivity index (χ4v) is 0.618. The maximum Gasteiger partial charge on any atom is 0.325 e. The minimum Gasteiger partial charge on any atom is -0.361 e. The molecule has 0 spiro atoms. The summed E-state index contributed by atoms with van der Waals surface area (Å²) in [5.74, 6) is -4.30. The Labute approximate surface area is 68.3 Å². The van der Waals surface area contributed by atoms with Crippen molar-refractivity contribution in [3.63, 3.8) is 0 Å². The zero-order chi connectivity index (χ0) is 9.89. The lowest BCUT2D eigenvalue weighted by Crippen LogP contribution is -2.45. The van der Waals surface area contributed by atoms with Crippen LogP contribution in [0.15, 0.2) is 0 Å². The van der Waals surface area contributed by atoms with Gasteiger partial charge >= 0.3 is 11.8 Å². The SMILES string of the molecule is CC(=O)N(C(C)=O)C(=O)C(N)=O. The molecule has 0 aromatic rings. The summed E-state index contributed by atoms with van der Waals surface area (Å²) < 4.78 is 0. The van der Waals surface area contributed by atoms with Crippen LogP contribution in [0, 0.1) is 0 Å². The van der Waals surface area contributed by atoms with E-state index in [1.807, 2.05) is 0 Å². The molecule has 6 heteroatoms. The van der Waals surface area contributed by atoms with E-state index >= 15 is 0 Å². The van der Waals surface area contributed by atoms with E-state index in [4.69, 9.17) is 0 Å². The molecule has 66 valence electrons. The first-order valence-corrected chi connectivity index (χ1v) is 3.03. The van der Waals surface area contributed by atoms with Crippen LogP contribution in [0.4, 0.5) is 0 Å². The number of primary amides is 1. The Balaban J connectivity index is 4.76. The van der Waals surface area contributed by atoms with E-state index in [0.717, 1.165) is 13.8 Å². The maximum atomic E-state index is 10.7. The first kappa shape index (κ1) is 10.3. The van der Waals surface area contributed by atoms with Gasteiger partial charge in [0.2, 0.25) is 11.8 Å². The number of rotatable bonds is 0. The van der Waals surface area contributed by atoms with Crippen LogP contribution < -0.4 is 5.73 Å². The lowest BCUT2D eigenvalue weighted by Gasteiger charge is -2.11. The summed E-state index contributed by atoms with van der Waals surface area (Å²) in [5.41, 5.74) is 4.58. The number of nitrogens with two attached hydrogens (primary N) is 1. The lowest BCUT2D eigenvalue weighted by molar-refractivity contribution is -0.156. The molecular formula is C6H8N2O4. The Morgan fingerprint density at radius 2 is 1.33 bits per heavy atom. The van der Waals surface area contributed by atoms with Crippen LogP contribution >= 0.6 is 0 Å². The molecular weight excluding hydrogens is 164 g/mol. The second kappa shape index (κ2) is 3.61. The van der Waals surface area contributed by atoms with E-state index in [0.29, 0.717) is 0 Å². The molecule has 0 radical (unpaired) electrons. The Morgan fingerprint density at radius 1 is 1.00 bits per heavy atom. The van der Waals surface area contributed by atoms with Gasteiger partial charge in [0.1, 0.15) is 0 Å². The topological polar surface area (TPSA) is 97.5 Å². The van der Waals surface area contributed by atoms with E-state index < -0.39 is 23.6 Å². The van der Waals surface area contributed by atoms with Crippen molar-refractivity contribution in [2.75, 3.05) is 0 Å². The van der Waals surface area contributed by atoms with Gasteiger partial charge in [-0.2, -0.15) is 0 Å². The fraction of sp³-hybridized carbons (Fsp3) is 0.333. The fourth-order valence-electron chi connectivity index (χ4n) is 0.618. The van der Waals surface area contributed by atoms with E-state index in [9.17, 15) is 19.2 Å². The van der Waals surface area contributed by atoms with Crippen molar-refractivity contribution in [2.45, 2.75) is 13.8 Å². The predicted molar refractivity (Wildman–Crippen MR) is 37.4 cm³/mol. The summed E-state index contributed by atoms with van der Waals surface area (Å²) >= 11 is 0. The van der Waals surface area contributed by atoms with E-state index in [1.54, 1.807) is 0 Å². The highest BCUT2D eigenvalue weighted by Crippen LogP contribution is 1.91. The van der Waals surface area contributed by atoms with Gasteiger partial charge in [0, 0.05) is 13.8 Å². The van der Waals surface area contributed by atoms with Gasteiger partial charge in [-0.05, 0) is 0 Å². The van der Waals surface area contributed by atoms with Gasteiger partial charge in [-0.1, -0.05) is 0 Å². The van der Waals surface area contributed by atoms with Crippen molar-refractivity contribution >= 4 is 23.6 Å². The molecule has 0 aliphatic rings. The van der Waals surface area contributed by atoms with Gasteiger partial charge in [0.15, 0.2) is 0 Å². The van der Waals surface area contributed by atoms with Gasteiger partial charge in [0.05, 0.1) is 0 Å². The molecule has 0 aliphatic heterocycles. The van der Waals surface area contributed by atoms with Crippen molar-refractivity contribution in [1.82, 2.24) is 4.90 Å². The number of imide groups is 3. The number of hydrogen-bond acceptors (Lipinski definition) is 4. The van der Waals surface area contributed by atoms with Crippen LogP contribution in [0.3, 0.4) is 0 Å². The second-order valence-electron chi connectivity index (χ2n) is 2.04.